The second kappa shape index (κ2) is 8.17. The number of ether oxygens (including phenoxy) is 1. The molecule has 7 heteroatoms. The Hall–Kier alpha value is -2.57. The van der Waals surface area contributed by atoms with Gasteiger partial charge in [0.1, 0.15) is 11.6 Å². The number of aliphatic imine (C=N–C) groups is 1. The Kier molecular flexibility index (Phi) is 5.96. The van der Waals surface area contributed by atoms with E-state index in [1.807, 2.05) is 36.7 Å². The summed E-state index contributed by atoms with van der Waals surface area (Å²) >= 11 is 0. The van der Waals surface area contributed by atoms with Crippen LogP contribution in [0, 0.1) is 6.92 Å². The first-order valence-corrected chi connectivity index (χ1v) is 7.57. The first kappa shape index (κ1) is 16.8. The molecule has 0 spiro atoms. The van der Waals surface area contributed by atoms with E-state index < -0.39 is 0 Å². The number of aromatic nitrogens is 3. The summed E-state index contributed by atoms with van der Waals surface area (Å²) in [5.41, 5.74) is 1.17. The smallest absolute Gasteiger partial charge is 0.191 e. The van der Waals surface area contributed by atoms with Crippen LogP contribution >= 0.6 is 0 Å². The molecule has 2 rings (SSSR count). The Balaban J connectivity index is 1.82. The quantitative estimate of drug-likeness (QED) is 0.615. The van der Waals surface area contributed by atoms with Gasteiger partial charge in [-0.05, 0) is 25.0 Å². The second-order valence-corrected chi connectivity index (χ2v) is 5.14. The number of para-hydroxylation sites is 1. The SMILES string of the molecule is CN=C(NCCc1ccccc1OC)NCc1nnc(C)n1C. The van der Waals surface area contributed by atoms with Gasteiger partial charge in [0.15, 0.2) is 11.8 Å². The van der Waals surface area contributed by atoms with E-state index in [1.165, 1.54) is 5.56 Å². The molecule has 0 amide bonds. The van der Waals surface area contributed by atoms with Crippen molar-refractivity contribution in [2.45, 2.75) is 19.9 Å². The lowest BCUT2D eigenvalue weighted by Gasteiger charge is -2.13. The number of methoxy groups -OCH3 is 1. The Morgan fingerprint density at radius 3 is 2.70 bits per heavy atom. The molecule has 1 aromatic heterocycles. The summed E-state index contributed by atoms with van der Waals surface area (Å²) in [6.45, 7) is 3.26. The van der Waals surface area contributed by atoms with E-state index in [9.17, 15) is 0 Å². The fourth-order valence-electron chi connectivity index (χ4n) is 2.21. The molecule has 7 nitrogen and oxygen atoms in total. The van der Waals surface area contributed by atoms with E-state index in [0.717, 1.165) is 36.3 Å². The van der Waals surface area contributed by atoms with Crippen LogP contribution in [0.25, 0.3) is 0 Å². The van der Waals surface area contributed by atoms with Gasteiger partial charge in [0.2, 0.25) is 0 Å². The molecule has 1 heterocycles. The standard InChI is InChI=1S/C16H24N6O/c1-12-20-21-15(22(12)3)11-19-16(17-2)18-10-9-13-7-5-6-8-14(13)23-4/h5-8H,9-11H2,1-4H3,(H2,17,18,19). The molecule has 0 saturated carbocycles. The molecule has 0 atom stereocenters. The van der Waals surface area contributed by atoms with E-state index in [1.54, 1.807) is 14.2 Å². The third-order valence-corrected chi connectivity index (χ3v) is 3.70. The number of aryl methyl sites for hydroxylation is 1. The van der Waals surface area contributed by atoms with Crippen molar-refractivity contribution in [1.82, 2.24) is 25.4 Å². The maximum atomic E-state index is 5.36. The largest absolute Gasteiger partial charge is 0.496 e. The summed E-state index contributed by atoms with van der Waals surface area (Å²) in [7, 11) is 5.39. The fourth-order valence-corrected chi connectivity index (χ4v) is 2.21. The molecule has 0 bridgehead atoms. The van der Waals surface area contributed by atoms with Crippen molar-refractivity contribution in [2.75, 3.05) is 20.7 Å². The van der Waals surface area contributed by atoms with Crippen molar-refractivity contribution in [1.29, 1.82) is 0 Å². The monoisotopic (exact) mass is 316 g/mol. The van der Waals surface area contributed by atoms with Crippen LogP contribution in [0.15, 0.2) is 29.3 Å². The van der Waals surface area contributed by atoms with Crippen molar-refractivity contribution in [3.05, 3.63) is 41.5 Å². The molecule has 0 aliphatic heterocycles. The molecule has 124 valence electrons. The van der Waals surface area contributed by atoms with Gasteiger partial charge >= 0.3 is 0 Å². The molecule has 23 heavy (non-hydrogen) atoms. The average Bonchev–Trinajstić information content (AvgIpc) is 2.90. The molecule has 0 radical (unpaired) electrons. The van der Waals surface area contributed by atoms with Gasteiger partial charge in [-0.25, -0.2) is 0 Å². The van der Waals surface area contributed by atoms with Gasteiger partial charge in [-0.15, -0.1) is 10.2 Å². The first-order chi connectivity index (χ1) is 11.2. The van der Waals surface area contributed by atoms with Crippen molar-refractivity contribution in [2.24, 2.45) is 12.0 Å². The molecule has 0 unspecified atom stereocenters. The zero-order valence-corrected chi connectivity index (χ0v) is 14.1. The predicted octanol–water partition coefficient (Wildman–Crippen LogP) is 1.04. The highest BCUT2D eigenvalue weighted by Gasteiger charge is 2.06. The Morgan fingerprint density at radius 1 is 1.26 bits per heavy atom. The van der Waals surface area contributed by atoms with E-state index in [-0.39, 0.29) is 0 Å². The molecule has 0 aliphatic carbocycles. The van der Waals surface area contributed by atoms with Crippen LogP contribution in [0.3, 0.4) is 0 Å². The molecule has 0 aliphatic rings. The van der Waals surface area contributed by atoms with Crippen LogP contribution in [0.2, 0.25) is 0 Å². The lowest BCUT2D eigenvalue weighted by Crippen LogP contribution is -2.38. The Morgan fingerprint density at radius 2 is 2.04 bits per heavy atom. The maximum Gasteiger partial charge on any atom is 0.191 e. The molecule has 2 aromatic rings. The molecule has 0 fully saturated rings. The minimum absolute atomic E-state index is 0.575. The zero-order valence-electron chi connectivity index (χ0n) is 14.1. The van der Waals surface area contributed by atoms with Crippen molar-refractivity contribution >= 4 is 5.96 Å². The zero-order chi connectivity index (χ0) is 16.7. The molecular weight excluding hydrogens is 292 g/mol. The lowest BCUT2D eigenvalue weighted by molar-refractivity contribution is 0.409. The number of rotatable bonds is 6. The van der Waals surface area contributed by atoms with Crippen LogP contribution in [-0.4, -0.2) is 41.4 Å². The number of benzene rings is 1. The third-order valence-electron chi connectivity index (χ3n) is 3.70. The number of nitrogens with zero attached hydrogens (tertiary/aromatic N) is 4. The van der Waals surface area contributed by atoms with Gasteiger partial charge in [0.25, 0.3) is 0 Å². The van der Waals surface area contributed by atoms with Gasteiger partial charge in [-0.1, -0.05) is 18.2 Å². The maximum absolute atomic E-state index is 5.36. The number of guanidine groups is 1. The van der Waals surface area contributed by atoms with E-state index in [4.69, 9.17) is 4.74 Å². The van der Waals surface area contributed by atoms with E-state index in [0.29, 0.717) is 6.54 Å². The lowest BCUT2D eigenvalue weighted by atomic mass is 10.1. The highest BCUT2D eigenvalue weighted by molar-refractivity contribution is 5.79. The Bertz CT molecular complexity index is 664. The van der Waals surface area contributed by atoms with Crippen LogP contribution in [0.5, 0.6) is 5.75 Å². The van der Waals surface area contributed by atoms with Crippen molar-refractivity contribution < 1.29 is 4.74 Å². The van der Waals surface area contributed by atoms with E-state index >= 15 is 0 Å². The summed E-state index contributed by atoms with van der Waals surface area (Å²) in [4.78, 5) is 4.22. The van der Waals surface area contributed by atoms with Crippen LogP contribution in [0.4, 0.5) is 0 Å². The molecule has 2 N–H and O–H groups in total. The van der Waals surface area contributed by atoms with Gasteiger partial charge in [-0.2, -0.15) is 0 Å². The number of nitrogens with one attached hydrogen (secondary N) is 2. The van der Waals surface area contributed by atoms with Gasteiger partial charge in [-0.3, -0.25) is 4.99 Å². The highest BCUT2D eigenvalue weighted by Crippen LogP contribution is 2.17. The third kappa shape index (κ3) is 4.45. The molecular formula is C16H24N6O. The van der Waals surface area contributed by atoms with Crippen LogP contribution < -0.4 is 15.4 Å². The molecule has 1 aromatic carbocycles. The minimum atomic E-state index is 0.575. The topological polar surface area (TPSA) is 76.4 Å². The summed E-state index contributed by atoms with van der Waals surface area (Å²) in [5.74, 6) is 3.41. The van der Waals surface area contributed by atoms with Crippen LogP contribution in [-0.2, 0) is 20.0 Å². The van der Waals surface area contributed by atoms with Gasteiger partial charge in [0, 0.05) is 20.6 Å². The summed E-state index contributed by atoms with van der Waals surface area (Å²) < 4.78 is 7.31. The summed E-state index contributed by atoms with van der Waals surface area (Å²) in [6, 6.07) is 8.03. The first-order valence-electron chi connectivity index (χ1n) is 7.57. The van der Waals surface area contributed by atoms with Crippen LogP contribution in [0.1, 0.15) is 17.2 Å². The predicted molar refractivity (Wildman–Crippen MR) is 90.6 cm³/mol. The average molecular weight is 316 g/mol. The summed E-state index contributed by atoms with van der Waals surface area (Å²) in [5, 5.41) is 14.7. The Labute approximate surface area is 136 Å². The molecule has 0 saturated heterocycles. The highest BCUT2D eigenvalue weighted by atomic mass is 16.5. The second-order valence-electron chi connectivity index (χ2n) is 5.14. The fraction of sp³-hybridized carbons (Fsp3) is 0.438. The minimum Gasteiger partial charge on any atom is -0.496 e. The van der Waals surface area contributed by atoms with Gasteiger partial charge < -0.3 is 19.9 Å². The van der Waals surface area contributed by atoms with Crippen molar-refractivity contribution in [3.63, 3.8) is 0 Å². The number of hydrogen-bond acceptors (Lipinski definition) is 4. The number of hydrogen-bond donors (Lipinski definition) is 2. The van der Waals surface area contributed by atoms with Crippen molar-refractivity contribution in [3.8, 4) is 5.75 Å². The normalized spacial score (nSPS) is 11.4. The van der Waals surface area contributed by atoms with E-state index in [2.05, 4.69) is 31.9 Å². The summed E-state index contributed by atoms with van der Waals surface area (Å²) in [6.07, 6.45) is 0.855. The van der Waals surface area contributed by atoms with Gasteiger partial charge in [0.05, 0.1) is 13.7 Å².